The van der Waals surface area contributed by atoms with Crippen LogP contribution < -0.4 is 9.64 Å². The molecule has 0 radical (unpaired) electrons. The molecule has 3 heterocycles. The third-order valence-electron chi connectivity index (χ3n) is 6.41. The lowest BCUT2D eigenvalue weighted by Crippen LogP contribution is -2.34. The molecule has 1 fully saturated rings. The molecule has 32 heavy (non-hydrogen) atoms. The fraction of sp³-hybridized carbons (Fsp3) is 0.480. The fourth-order valence-corrected chi connectivity index (χ4v) is 4.52. The van der Waals surface area contributed by atoms with Crippen LogP contribution in [0.15, 0.2) is 36.7 Å². The monoisotopic (exact) mass is 434 g/mol. The Morgan fingerprint density at radius 2 is 1.91 bits per heavy atom. The van der Waals surface area contributed by atoms with Gasteiger partial charge in [-0.25, -0.2) is 9.97 Å². The number of benzene rings is 1. The Morgan fingerprint density at radius 3 is 2.56 bits per heavy atom. The van der Waals surface area contributed by atoms with Crippen LogP contribution in [0.25, 0.3) is 11.1 Å². The number of aryl methyl sites for hydroxylation is 1. The van der Waals surface area contributed by atoms with Crippen LogP contribution in [0.3, 0.4) is 0 Å². The summed E-state index contributed by atoms with van der Waals surface area (Å²) in [5.41, 5.74) is 5.87. The van der Waals surface area contributed by atoms with Crippen molar-refractivity contribution in [3.63, 3.8) is 0 Å². The summed E-state index contributed by atoms with van der Waals surface area (Å²) in [6.45, 7) is 7.15. The lowest BCUT2D eigenvalue weighted by atomic mass is 9.93. The van der Waals surface area contributed by atoms with Gasteiger partial charge in [0.15, 0.2) is 0 Å². The third kappa shape index (κ3) is 4.48. The number of likely N-dealkylation sites (tertiary alicyclic amines) is 1. The van der Waals surface area contributed by atoms with E-state index in [0.717, 1.165) is 54.6 Å². The van der Waals surface area contributed by atoms with Gasteiger partial charge in [-0.1, -0.05) is 18.6 Å². The van der Waals surface area contributed by atoms with E-state index in [0.29, 0.717) is 0 Å². The van der Waals surface area contributed by atoms with Crippen molar-refractivity contribution in [2.75, 3.05) is 32.6 Å². The summed E-state index contributed by atoms with van der Waals surface area (Å²) < 4.78 is 7.43. The lowest BCUT2D eigenvalue weighted by Gasteiger charge is -2.36. The molecule has 0 bridgehead atoms. The van der Waals surface area contributed by atoms with E-state index in [9.17, 15) is 0 Å². The Hall–Kier alpha value is -2.93. The van der Waals surface area contributed by atoms with Gasteiger partial charge >= 0.3 is 0 Å². The van der Waals surface area contributed by atoms with Crippen molar-refractivity contribution in [2.45, 2.75) is 52.2 Å². The van der Waals surface area contributed by atoms with Crippen molar-refractivity contribution in [2.24, 2.45) is 0 Å². The molecule has 0 saturated carbocycles. The van der Waals surface area contributed by atoms with Crippen LogP contribution in [-0.2, 0) is 13.1 Å². The molecule has 0 amide bonds. The maximum atomic E-state index is 5.35. The van der Waals surface area contributed by atoms with Gasteiger partial charge in [-0.2, -0.15) is 5.10 Å². The van der Waals surface area contributed by atoms with Gasteiger partial charge in [0.25, 0.3) is 0 Å². The van der Waals surface area contributed by atoms with Crippen LogP contribution in [0.5, 0.6) is 5.75 Å². The molecule has 0 spiro atoms. The highest BCUT2D eigenvalue weighted by Crippen LogP contribution is 2.37. The molecule has 0 N–H and O–H groups in total. The molecular formula is C25H34N6O. The molecule has 4 rings (SSSR count). The van der Waals surface area contributed by atoms with Crippen molar-refractivity contribution < 1.29 is 4.74 Å². The predicted octanol–water partition coefficient (Wildman–Crippen LogP) is 4.47. The molecule has 170 valence electrons. The second kappa shape index (κ2) is 9.69. The maximum absolute atomic E-state index is 5.35. The van der Waals surface area contributed by atoms with Crippen molar-refractivity contribution in [3.8, 4) is 16.9 Å². The van der Waals surface area contributed by atoms with E-state index in [1.807, 2.05) is 43.5 Å². The van der Waals surface area contributed by atoms with E-state index in [1.54, 1.807) is 7.11 Å². The van der Waals surface area contributed by atoms with E-state index in [1.165, 1.54) is 24.1 Å². The molecule has 7 heteroatoms. The third-order valence-corrected chi connectivity index (χ3v) is 6.41. The van der Waals surface area contributed by atoms with Gasteiger partial charge < -0.3 is 9.64 Å². The summed E-state index contributed by atoms with van der Waals surface area (Å²) in [7, 11) is 5.68. The zero-order chi connectivity index (χ0) is 22.7. The molecule has 1 aromatic carbocycles. The van der Waals surface area contributed by atoms with Crippen molar-refractivity contribution in [3.05, 3.63) is 53.6 Å². The number of piperidine rings is 1. The summed E-state index contributed by atoms with van der Waals surface area (Å²) in [5, 5.41) is 4.56. The molecule has 1 atom stereocenters. The zero-order valence-corrected chi connectivity index (χ0v) is 19.9. The molecule has 1 saturated heterocycles. The molecule has 0 unspecified atom stereocenters. The molecule has 0 aliphatic carbocycles. The van der Waals surface area contributed by atoms with Crippen LogP contribution in [0.4, 0.5) is 5.95 Å². The molecule has 1 aliphatic rings. The summed E-state index contributed by atoms with van der Waals surface area (Å²) >= 11 is 0. The number of nitrogens with zero attached hydrogens (tertiary/aromatic N) is 6. The first-order chi connectivity index (χ1) is 15.5. The van der Waals surface area contributed by atoms with Crippen LogP contribution in [-0.4, -0.2) is 52.4 Å². The summed E-state index contributed by atoms with van der Waals surface area (Å²) in [6.07, 6.45) is 7.51. The zero-order valence-electron chi connectivity index (χ0n) is 19.9. The largest absolute Gasteiger partial charge is 0.497 e. The van der Waals surface area contributed by atoms with Crippen LogP contribution in [0.1, 0.15) is 49.2 Å². The predicted molar refractivity (Wildman–Crippen MR) is 128 cm³/mol. The van der Waals surface area contributed by atoms with Crippen molar-refractivity contribution in [1.29, 1.82) is 0 Å². The average Bonchev–Trinajstić information content (AvgIpc) is 3.18. The highest BCUT2D eigenvalue weighted by atomic mass is 16.5. The standard InChI is InChI=1S/C25H34N6O/c1-6-31-18(2)20(15-27-31)17-30-14-8-7-9-23(30)24-22(16-26-25(28-24)29(3)4)19-10-12-21(32-5)13-11-19/h10-13,15-16,23H,6-9,14,17H2,1-5H3/t23-/m1/s1. The first-order valence-corrected chi connectivity index (χ1v) is 11.5. The molecule has 7 nitrogen and oxygen atoms in total. The highest BCUT2D eigenvalue weighted by molar-refractivity contribution is 5.67. The molecule has 3 aromatic rings. The number of ether oxygens (including phenoxy) is 1. The quantitative estimate of drug-likeness (QED) is 0.547. The van der Waals surface area contributed by atoms with Gasteiger partial charge in [0, 0.05) is 50.2 Å². The van der Waals surface area contributed by atoms with Crippen LogP contribution in [0.2, 0.25) is 0 Å². The lowest BCUT2D eigenvalue weighted by molar-refractivity contribution is 0.137. The first-order valence-electron chi connectivity index (χ1n) is 11.5. The van der Waals surface area contributed by atoms with E-state index in [4.69, 9.17) is 9.72 Å². The van der Waals surface area contributed by atoms with Gasteiger partial charge in [0.2, 0.25) is 5.95 Å². The van der Waals surface area contributed by atoms with E-state index < -0.39 is 0 Å². The smallest absolute Gasteiger partial charge is 0.225 e. The van der Waals surface area contributed by atoms with Gasteiger partial charge in [0.1, 0.15) is 5.75 Å². The summed E-state index contributed by atoms with van der Waals surface area (Å²) in [5.74, 6) is 1.60. The number of methoxy groups -OCH3 is 1. The van der Waals surface area contributed by atoms with Crippen LogP contribution in [0, 0.1) is 6.92 Å². The minimum Gasteiger partial charge on any atom is -0.497 e. The average molecular weight is 435 g/mol. The highest BCUT2D eigenvalue weighted by Gasteiger charge is 2.29. The SMILES string of the molecule is CCn1ncc(CN2CCCC[C@@H]2c2nc(N(C)C)ncc2-c2ccc(OC)cc2)c1C. The van der Waals surface area contributed by atoms with E-state index in [-0.39, 0.29) is 6.04 Å². The minimum absolute atomic E-state index is 0.243. The Morgan fingerprint density at radius 1 is 1.12 bits per heavy atom. The maximum Gasteiger partial charge on any atom is 0.225 e. The second-order valence-electron chi connectivity index (χ2n) is 8.64. The van der Waals surface area contributed by atoms with E-state index >= 15 is 0 Å². The van der Waals surface area contributed by atoms with Gasteiger partial charge in [-0.15, -0.1) is 0 Å². The molecular weight excluding hydrogens is 400 g/mol. The van der Waals surface area contributed by atoms with Crippen molar-refractivity contribution >= 4 is 5.95 Å². The Kier molecular flexibility index (Phi) is 6.74. The van der Waals surface area contributed by atoms with Gasteiger partial charge in [-0.05, 0) is 50.9 Å². The summed E-state index contributed by atoms with van der Waals surface area (Å²) in [4.78, 5) is 14.3. The number of anilines is 1. The number of aromatic nitrogens is 4. The normalized spacial score (nSPS) is 16.8. The van der Waals surface area contributed by atoms with Crippen LogP contribution >= 0.6 is 0 Å². The number of hydrogen-bond donors (Lipinski definition) is 0. The Bertz CT molecular complexity index is 1040. The fourth-order valence-electron chi connectivity index (χ4n) is 4.52. The van der Waals surface area contributed by atoms with E-state index in [2.05, 4.69) is 45.6 Å². The Labute approximate surface area is 191 Å². The first kappa shape index (κ1) is 22.3. The molecule has 1 aliphatic heterocycles. The number of hydrogen-bond acceptors (Lipinski definition) is 6. The van der Waals surface area contributed by atoms with Gasteiger partial charge in [-0.3, -0.25) is 9.58 Å². The Balaban J connectivity index is 1.73. The topological polar surface area (TPSA) is 59.3 Å². The number of rotatable bonds is 7. The van der Waals surface area contributed by atoms with Crippen molar-refractivity contribution in [1.82, 2.24) is 24.6 Å². The van der Waals surface area contributed by atoms with Gasteiger partial charge in [0.05, 0.1) is 25.0 Å². The molecule has 2 aromatic heterocycles. The second-order valence-corrected chi connectivity index (χ2v) is 8.64. The summed E-state index contributed by atoms with van der Waals surface area (Å²) in [6, 6.07) is 8.44. The minimum atomic E-state index is 0.243.